The molecule has 1 N–H and O–H groups in total. The van der Waals surface area contributed by atoms with Crippen LogP contribution in [-0.2, 0) is 4.79 Å². The minimum Gasteiger partial charge on any atom is -0.480 e. The normalized spacial score (nSPS) is 11.9. The van der Waals surface area contributed by atoms with E-state index in [1.165, 1.54) is 5.56 Å². The number of nitrogens with one attached hydrogen (secondary N) is 1. The molecule has 0 aliphatic carbocycles. The Balaban J connectivity index is 2.19. The van der Waals surface area contributed by atoms with Gasteiger partial charge in [-0.1, -0.05) is 36.8 Å². The SMILES string of the molecule is CC[C@H](Oc1cc(C)ccc1C)C(=O)Nc1c(C)cc(C)cc1C. The number of benzene rings is 2. The van der Waals surface area contributed by atoms with E-state index in [0.717, 1.165) is 33.7 Å². The van der Waals surface area contributed by atoms with Crippen molar-refractivity contribution in [2.75, 3.05) is 5.32 Å². The number of rotatable bonds is 5. The Labute approximate surface area is 145 Å². The van der Waals surface area contributed by atoms with Gasteiger partial charge in [-0.3, -0.25) is 4.79 Å². The molecule has 0 aliphatic heterocycles. The van der Waals surface area contributed by atoms with Crippen molar-refractivity contribution in [3.8, 4) is 5.75 Å². The van der Waals surface area contributed by atoms with E-state index >= 15 is 0 Å². The average Bonchev–Trinajstić information content (AvgIpc) is 2.51. The van der Waals surface area contributed by atoms with Crippen LogP contribution in [0.2, 0.25) is 0 Å². The van der Waals surface area contributed by atoms with Gasteiger partial charge in [0.15, 0.2) is 6.10 Å². The molecule has 0 saturated carbocycles. The summed E-state index contributed by atoms with van der Waals surface area (Å²) in [6.45, 7) is 12.1. The third kappa shape index (κ3) is 4.16. The van der Waals surface area contributed by atoms with Gasteiger partial charge >= 0.3 is 0 Å². The summed E-state index contributed by atoms with van der Waals surface area (Å²) in [6, 6.07) is 10.2. The highest BCUT2D eigenvalue weighted by atomic mass is 16.5. The maximum atomic E-state index is 12.7. The van der Waals surface area contributed by atoms with Gasteiger partial charge in [0.2, 0.25) is 0 Å². The molecule has 128 valence electrons. The lowest BCUT2D eigenvalue weighted by Crippen LogP contribution is -2.33. The van der Waals surface area contributed by atoms with Gasteiger partial charge in [0.1, 0.15) is 5.75 Å². The standard InChI is InChI=1S/C21H27NO2/c1-7-18(24-19-12-13(2)8-9-15(19)4)21(23)22-20-16(5)10-14(3)11-17(20)6/h8-12,18H,7H2,1-6H3,(H,22,23)/t18-/m0/s1. The van der Waals surface area contributed by atoms with E-state index in [-0.39, 0.29) is 5.91 Å². The van der Waals surface area contributed by atoms with Crippen LogP contribution in [0.5, 0.6) is 5.75 Å². The van der Waals surface area contributed by atoms with Crippen LogP contribution in [0.1, 0.15) is 41.2 Å². The zero-order chi connectivity index (χ0) is 17.9. The van der Waals surface area contributed by atoms with Crippen molar-refractivity contribution in [1.29, 1.82) is 0 Å². The lowest BCUT2D eigenvalue weighted by molar-refractivity contribution is -0.122. The van der Waals surface area contributed by atoms with E-state index in [1.54, 1.807) is 0 Å². The quantitative estimate of drug-likeness (QED) is 0.838. The van der Waals surface area contributed by atoms with Crippen molar-refractivity contribution < 1.29 is 9.53 Å². The summed E-state index contributed by atoms with van der Waals surface area (Å²) in [5.41, 5.74) is 6.38. The molecule has 0 spiro atoms. The van der Waals surface area contributed by atoms with Gasteiger partial charge in [-0.25, -0.2) is 0 Å². The maximum Gasteiger partial charge on any atom is 0.265 e. The van der Waals surface area contributed by atoms with Gasteiger partial charge < -0.3 is 10.1 Å². The number of anilines is 1. The smallest absolute Gasteiger partial charge is 0.265 e. The van der Waals surface area contributed by atoms with E-state index in [9.17, 15) is 4.79 Å². The molecule has 2 aromatic carbocycles. The predicted octanol–water partition coefficient (Wildman–Crippen LogP) is 5.02. The number of hydrogen-bond acceptors (Lipinski definition) is 2. The Bertz CT molecular complexity index is 726. The lowest BCUT2D eigenvalue weighted by Gasteiger charge is -2.20. The Morgan fingerprint density at radius 3 is 2.17 bits per heavy atom. The van der Waals surface area contributed by atoms with Gasteiger partial charge in [-0.15, -0.1) is 0 Å². The highest BCUT2D eigenvalue weighted by Gasteiger charge is 2.20. The molecule has 0 aliphatic rings. The van der Waals surface area contributed by atoms with Crippen LogP contribution in [-0.4, -0.2) is 12.0 Å². The number of carbonyl (C=O) groups is 1. The molecule has 0 radical (unpaired) electrons. The van der Waals surface area contributed by atoms with Crippen LogP contribution in [0.3, 0.4) is 0 Å². The minimum absolute atomic E-state index is 0.103. The van der Waals surface area contributed by atoms with Gasteiger partial charge in [-0.2, -0.15) is 0 Å². The number of hydrogen-bond donors (Lipinski definition) is 1. The average molecular weight is 325 g/mol. The number of aryl methyl sites for hydroxylation is 5. The summed E-state index contributed by atoms with van der Waals surface area (Å²) < 4.78 is 6.00. The molecule has 2 aromatic rings. The van der Waals surface area contributed by atoms with Gasteiger partial charge in [0.25, 0.3) is 5.91 Å². The van der Waals surface area contributed by atoms with Crippen molar-refractivity contribution in [3.05, 3.63) is 58.1 Å². The van der Waals surface area contributed by atoms with E-state index in [4.69, 9.17) is 4.74 Å². The molecule has 0 heterocycles. The maximum absolute atomic E-state index is 12.7. The molecule has 0 unspecified atom stereocenters. The predicted molar refractivity (Wildman–Crippen MR) is 99.9 cm³/mol. The summed E-state index contributed by atoms with van der Waals surface area (Å²) >= 11 is 0. The largest absolute Gasteiger partial charge is 0.480 e. The molecule has 3 heteroatoms. The molecule has 24 heavy (non-hydrogen) atoms. The lowest BCUT2D eigenvalue weighted by atomic mass is 10.0. The summed E-state index contributed by atoms with van der Waals surface area (Å²) in [7, 11) is 0. The molecule has 2 rings (SSSR count). The van der Waals surface area contributed by atoms with E-state index in [1.807, 2.05) is 52.8 Å². The monoisotopic (exact) mass is 325 g/mol. The first kappa shape index (κ1) is 18.1. The fourth-order valence-electron chi connectivity index (χ4n) is 2.89. The molecular weight excluding hydrogens is 298 g/mol. The summed E-state index contributed by atoms with van der Waals surface area (Å²) in [6.07, 6.45) is 0.106. The Morgan fingerprint density at radius 1 is 0.958 bits per heavy atom. The van der Waals surface area contributed by atoms with E-state index in [2.05, 4.69) is 24.4 Å². The van der Waals surface area contributed by atoms with Crippen LogP contribution < -0.4 is 10.1 Å². The van der Waals surface area contributed by atoms with Crippen molar-refractivity contribution in [3.63, 3.8) is 0 Å². The van der Waals surface area contributed by atoms with Crippen LogP contribution in [0.15, 0.2) is 30.3 Å². The molecular formula is C21H27NO2. The highest BCUT2D eigenvalue weighted by Crippen LogP contribution is 2.24. The van der Waals surface area contributed by atoms with Crippen LogP contribution in [0, 0.1) is 34.6 Å². The van der Waals surface area contributed by atoms with Crippen molar-refractivity contribution in [2.24, 2.45) is 0 Å². The fraction of sp³-hybridized carbons (Fsp3) is 0.381. The molecule has 0 saturated heterocycles. The molecule has 0 fully saturated rings. The first-order valence-corrected chi connectivity index (χ1v) is 8.44. The zero-order valence-electron chi connectivity index (χ0n) is 15.5. The Morgan fingerprint density at radius 2 is 1.58 bits per heavy atom. The third-order valence-corrected chi connectivity index (χ3v) is 4.20. The molecule has 3 nitrogen and oxygen atoms in total. The fourth-order valence-corrected chi connectivity index (χ4v) is 2.89. The first-order valence-electron chi connectivity index (χ1n) is 8.44. The molecule has 0 bridgehead atoms. The van der Waals surface area contributed by atoms with Crippen molar-refractivity contribution in [1.82, 2.24) is 0 Å². The number of amides is 1. The van der Waals surface area contributed by atoms with Crippen LogP contribution in [0.25, 0.3) is 0 Å². The van der Waals surface area contributed by atoms with Gasteiger partial charge in [0.05, 0.1) is 0 Å². The van der Waals surface area contributed by atoms with E-state index < -0.39 is 6.10 Å². The number of ether oxygens (including phenoxy) is 1. The van der Waals surface area contributed by atoms with Crippen molar-refractivity contribution in [2.45, 2.75) is 54.1 Å². The van der Waals surface area contributed by atoms with Gasteiger partial charge in [0, 0.05) is 5.69 Å². The second kappa shape index (κ2) is 7.52. The van der Waals surface area contributed by atoms with Crippen LogP contribution in [0.4, 0.5) is 5.69 Å². The van der Waals surface area contributed by atoms with Crippen molar-refractivity contribution >= 4 is 11.6 Å². The third-order valence-electron chi connectivity index (χ3n) is 4.20. The summed E-state index contributed by atoms with van der Waals surface area (Å²) in [5.74, 6) is 0.669. The van der Waals surface area contributed by atoms with Gasteiger partial charge in [-0.05, 0) is 69.4 Å². The zero-order valence-corrected chi connectivity index (χ0v) is 15.5. The topological polar surface area (TPSA) is 38.3 Å². The summed E-state index contributed by atoms with van der Waals surface area (Å²) in [5, 5.41) is 3.05. The Hall–Kier alpha value is -2.29. The Kier molecular flexibility index (Phi) is 5.66. The minimum atomic E-state index is -0.509. The first-order chi connectivity index (χ1) is 11.3. The molecule has 1 amide bonds. The van der Waals surface area contributed by atoms with Crippen LogP contribution >= 0.6 is 0 Å². The highest BCUT2D eigenvalue weighted by molar-refractivity contribution is 5.95. The second-order valence-electron chi connectivity index (χ2n) is 6.55. The second-order valence-corrected chi connectivity index (χ2v) is 6.55. The number of carbonyl (C=O) groups excluding carboxylic acids is 1. The molecule has 0 aromatic heterocycles. The summed E-state index contributed by atoms with van der Waals surface area (Å²) in [4.78, 5) is 12.7. The van der Waals surface area contributed by atoms with E-state index in [0.29, 0.717) is 6.42 Å². The molecule has 1 atom stereocenters.